The zero-order valence-electron chi connectivity index (χ0n) is 14.4. The van der Waals surface area contributed by atoms with Crippen molar-refractivity contribution in [2.75, 3.05) is 0 Å². The maximum absolute atomic E-state index is 12.7. The van der Waals surface area contributed by atoms with Crippen LogP contribution in [0.4, 0.5) is 0 Å². The van der Waals surface area contributed by atoms with Crippen molar-refractivity contribution in [2.24, 2.45) is 17.8 Å². The molecule has 0 atom stereocenters. The van der Waals surface area contributed by atoms with Gasteiger partial charge in [0.1, 0.15) is 6.54 Å². The van der Waals surface area contributed by atoms with Crippen LogP contribution in [0.5, 0.6) is 0 Å². The Hall–Kier alpha value is -2.10. The van der Waals surface area contributed by atoms with Crippen LogP contribution in [0.3, 0.4) is 0 Å². The third kappa shape index (κ3) is 2.59. The first kappa shape index (κ1) is 15.2. The highest BCUT2D eigenvalue weighted by atomic mass is 16.2. The van der Waals surface area contributed by atoms with Crippen molar-refractivity contribution in [1.82, 2.24) is 9.88 Å². The third-order valence-electron chi connectivity index (χ3n) is 6.64. The molecule has 4 bridgehead atoms. The lowest BCUT2D eigenvalue weighted by Gasteiger charge is -2.56. The number of hydrogen-bond donors (Lipinski definition) is 1. The number of rotatable bonds is 3. The van der Waals surface area contributed by atoms with Gasteiger partial charge in [0.15, 0.2) is 0 Å². The Morgan fingerprint density at radius 2 is 1.68 bits per heavy atom. The van der Waals surface area contributed by atoms with Gasteiger partial charge in [-0.1, -0.05) is 18.2 Å². The number of carbonyl (C=O) groups is 1. The third-order valence-corrected chi connectivity index (χ3v) is 6.64. The van der Waals surface area contributed by atoms with Gasteiger partial charge in [-0.3, -0.25) is 9.59 Å². The highest BCUT2D eigenvalue weighted by Gasteiger charge is 2.51. The highest BCUT2D eigenvalue weighted by molar-refractivity contribution is 5.82. The molecule has 4 nitrogen and oxygen atoms in total. The normalized spacial score (nSPS) is 32.9. The minimum atomic E-state index is -0.0845. The van der Waals surface area contributed by atoms with Crippen molar-refractivity contribution in [3.63, 3.8) is 0 Å². The Bertz CT molecular complexity index is 863. The topological polar surface area (TPSA) is 51.1 Å². The zero-order chi connectivity index (χ0) is 17.0. The van der Waals surface area contributed by atoms with Crippen LogP contribution in [0.1, 0.15) is 38.5 Å². The van der Waals surface area contributed by atoms with Crippen LogP contribution >= 0.6 is 0 Å². The molecule has 0 saturated heterocycles. The van der Waals surface area contributed by atoms with Crippen LogP contribution in [0.2, 0.25) is 0 Å². The summed E-state index contributed by atoms with van der Waals surface area (Å²) in [4.78, 5) is 25.3. The van der Waals surface area contributed by atoms with Crippen molar-refractivity contribution < 1.29 is 4.79 Å². The number of benzene rings is 1. The maximum Gasteiger partial charge on any atom is 0.258 e. The molecule has 4 aliphatic carbocycles. The Morgan fingerprint density at radius 1 is 1.04 bits per heavy atom. The van der Waals surface area contributed by atoms with E-state index in [-0.39, 0.29) is 23.6 Å². The summed E-state index contributed by atoms with van der Waals surface area (Å²) in [6.45, 7) is 0.116. The first-order valence-corrected chi connectivity index (χ1v) is 9.49. The maximum atomic E-state index is 12.7. The Morgan fingerprint density at radius 3 is 2.36 bits per heavy atom. The SMILES string of the molecule is O=C(Cn1ccc2ccccc2c1=O)NC12CC3CC(CC(C3)C1)C2. The summed E-state index contributed by atoms with van der Waals surface area (Å²) >= 11 is 0. The minimum absolute atomic E-state index is 0.00624. The van der Waals surface area contributed by atoms with E-state index in [1.807, 2.05) is 30.3 Å². The van der Waals surface area contributed by atoms with Crippen molar-refractivity contribution in [3.05, 3.63) is 46.9 Å². The number of nitrogens with one attached hydrogen (secondary N) is 1. The molecule has 0 radical (unpaired) electrons. The van der Waals surface area contributed by atoms with Crippen molar-refractivity contribution in [3.8, 4) is 0 Å². The lowest BCUT2D eigenvalue weighted by atomic mass is 9.53. The van der Waals surface area contributed by atoms with Crippen LogP contribution in [-0.4, -0.2) is 16.0 Å². The molecular formula is C21H24N2O2. The minimum Gasteiger partial charge on any atom is -0.349 e. The van der Waals surface area contributed by atoms with Crippen LogP contribution < -0.4 is 10.9 Å². The standard InChI is InChI=1S/C21H24N2O2/c24-19(13-23-6-5-17-3-1-2-4-18(17)20(23)25)22-21-10-14-7-15(11-21)9-16(8-14)12-21/h1-6,14-16H,7-13H2,(H,22,24). The molecule has 4 aliphatic rings. The molecule has 4 saturated carbocycles. The predicted molar refractivity (Wildman–Crippen MR) is 97.3 cm³/mol. The van der Waals surface area contributed by atoms with Gasteiger partial charge in [0.25, 0.3) is 5.56 Å². The number of carbonyl (C=O) groups excluding carboxylic acids is 1. The molecule has 1 aromatic carbocycles. The quantitative estimate of drug-likeness (QED) is 0.936. The first-order valence-electron chi connectivity index (χ1n) is 9.49. The Kier molecular flexibility index (Phi) is 3.31. The van der Waals surface area contributed by atoms with Gasteiger partial charge >= 0.3 is 0 Å². The van der Waals surface area contributed by atoms with Gasteiger partial charge in [-0.2, -0.15) is 0 Å². The van der Waals surface area contributed by atoms with Gasteiger partial charge in [-0.15, -0.1) is 0 Å². The van der Waals surface area contributed by atoms with E-state index in [4.69, 9.17) is 0 Å². The summed E-state index contributed by atoms with van der Waals surface area (Å²) in [6.07, 6.45) is 9.23. The second-order valence-corrected chi connectivity index (χ2v) is 8.58. The van der Waals surface area contributed by atoms with Crippen LogP contribution in [0.25, 0.3) is 10.8 Å². The number of aromatic nitrogens is 1. The van der Waals surface area contributed by atoms with E-state index in [0.29, 0.717) is 5.39 Å². The molecule has 0 aliphatic heterocycles. The summed E-state index contributed by atoms with van der Waals surface area (Å²) in [5, 5.41) is 4.94. The van der Waals surface area contributed by atoms with Crippen molar-refractivity contribution in [2.45, 2.75) is 50.6 Å². The summed E-state index contributed by atoms with van der Waals surface area (Å²) in [7, 11) is 0. The molecule has 25 heavy (non-hydrogen) atoms. The molecule has 130 valence electrons. The highest BCUT2D eigenvalue weighted by Crippen LogP contribution is 2.55. The van der Waals surface area contributed by atoms with Gasteiger partial charge in [0.05, 0.1) is 0 Å². The fourth-order valence-corrected chi connectivity index (χ4v) is 6.11. The molecule has 2 aromatic rings. The van der Waals surface area contributed by atoms with E-state index < -0.39 is 0 Å². The van der Waals surface area contributed by atoms with E-state index in [1.54, 1.807) is 6.20 Å². The molecular weight excluding hydrogens is 312 g/mol. The molecule has 4 fully saturated rings. The van der Waals surface area contributed by atoms with Gasteiger partial charge in [0.2, 0.25) is 5.91 Å². The number of fused-ring (bicyclic) bond motifs is 1. The molecule has 0 spiro atoms. The fourth-order valence-electron chi connectivity index (χ4n) is 6.11. The second kappa shape index (κ2) is 5.45. The van der Waals surface area contributed by atoms with Gasteiger partial charge in [0, 0.05) is 17.1 Å². The van der Waals surface area contributed by atoms with Gasteiger partial charge in [-0.05, 0) is 73.8 Å². The first-order chi connectivity index (χ1) is 12.1. The molecule has 1 heterocycles. The van der Waals surface area contributed by atoms with E-state index in [2.05, 4.69) is 5.32 Å². The molecule has 1 N–H and O–H groups in total. The number of hydrogen-bond acceptors (Lipinski definition) is 2. The summed E-state index contributed by atoms with van der Waals surface area (Å²) < 4.78 is 1.54. The molecule has 1 amide bonds. The smallest absolute Gasteiger partial charge is 0.258 e. The molecule has 4 heteroatoms. The van der Waals surface area contributed by atoms with Crippen molar-refractivity contribution >= 4 is 16.7 Å². The van der Waals surface area contributed by atoms with E-state index in [0.717, 1.165) is 42.4 Å². The Labute approximate surface area is 147 Å². The Balaban J connectivity index is 1.36. The van der Waals surface area contributed by atoms with Crippen LogP contribution in [0.15, 0.2) is 41.3 Å². The number of nitrogens with zero attached hydrogens (tertiary/aromatic N) is 1. The summed E-state index contributed by atoms with van der Waals surface area (Å²) in [5.74, 6) is 2.39. The van der Waals surface area contributed by atoms with E-state index in [9.17, 15) is 9.59 Å². The van der Waals surface area contributed by atoms with E-state index >= 15 is 0 Å². The lowest BCUT2D eigenvalue weighted by molar-refractivity contribution is -0.127. The van der Waals surface area contributed by atoms with Gasteiger partial charge in [-0.25, -0.2) is 0 Å². The molecule has 0 unspecified atom stereocenters. The van der Waals surface area contributed by atoms with E-state index in [1.165, 1.54) is 23.8 Å². The fraction of sp³-hybridized carbons (Fsp3) is 0.524. The number of pyridine rings is 1. The van der Waals surface area contributed by atoms with Gasteiger partial charge < -0.3 is 9.88 Å². The largest absolute Gasteiger partial charge is 0.349 e. The average Bonchev–Trinajstić information content (AvgIpc) is 2.56. The van der Waals surface area contributed by atoms with Crippen molar-refractivity contribution in [1.29, 1.82) is 0 Å². The molecule has 1 aromatic heterocycles. The molecule has 6 rings (SSSR count). The summed E-state index contributed by atoms with van der Waals surface area (Å²) in [5.41, 5.74) is -0.0782. The summed E-state index contributed by atoms with van der Waals surface area (Å²) in [6, 6.07) is 9.45. The zero-order valence-corrected chi connectivity index (χ0v) is 14.4. The lowest BCUT2D eigenvalue weighted by Crippen LogP contribution is -2.60. The van der Waals surface area contributed by atoms with Crippen LogP contribution in [-0.2, 0) is 11.3 Å². The second-order valence-electron chi connectivity index (χ2n) is 8.58. The monoisotopic (exact) mass is 336 g/mol. The predicted octanol–water partition coefficient (Wildman–Crippen LogP) is 3.09. The number of amides is 1. The average molecular weight is 336 g/mol. The van der Waals surface area contributed by atoms with Crippen LogP contribution in [0, 0.1) is 17.8 Å².